The molecule has 0 aliphatic rings. The molecule has 0 bridgehead atoms. The molecule has 3 aromatic carbocycles. The van der Waals surface area contributed by atoms with Gasteiger partial charge < -0.3 is 10.6 Å². The lowest BCUT2D eigenvalue weighted by atomic mass is 9.99. The number of carbonyl (C=O) groups excluding carboxylic acids is 2. The molecule has 0 aliphatic carbocycles. The first-order chi connectivity index (χ1) is 14.0. The van der Waals surface area contributed by atoms with Crippen molar-refractivity contribution < 1.29 is 19.2 Å². The number of nitrogens with zero attached hydrogens (tertiary/aromatic N) is 2. The number of non-ortho nitro benzene ring substituents is 1. The Balaban J connectivity index is 1.91. The van der Waals surface area contributed by atoms with Crippen molar-refractivity contribution in [3.63, 3.8) is 0 Å². The van der Waals surface area contributed by atoms with Gasteiger partial charge in [-0.1, -0.05) is 30.3 Å². The van der Waals surface area contributed by atoms with Crippen LogP contribution in [-0.2, 0) is 0 Å². The summed E-state index contributed by atoms with van der Waals surface area (Å²) in [7, 11) is 0. The number of ether oxygens (including phenoxy) is 1. The first-order valence-electron chi connectivity index (χ1n) is 8.45. The molecule has 0 aromatic heterocycles. The van der Waals surface area contributed by atoms with E-state index in [1.54, 1.807) is 48.5 Å². The van der Waals surface area contributed by atoms with Crippen LogP contribution in [0.2, 0.25) is 0 Å². The third-order valence-electron chi connectivity index (χ3n) is 4.04. The molecule has 29 heavy (non-hydrogen) atoms. The predicted octanol–water partition coefficient (Wildman–Crippen LogP) is 3.36. The van der Waals surface area contributed by atoms with Gasteiger partial charge in [-0.25, -0.2) is 4.79 Å². The van der Waals surface area contributed by atoms with Crippen molar-refractivity contribution in [3.8, 4) is 5.75 Å². The topological polar surface area (TPSA) is 125 Å². The molecule has 2 N–H and O–H groups in total. The summed E-state index contributed by atoms with van der Waals surface area (Å²) in [5.41, 5.74) is 0.433. The van der Waals surface area contributed by atoms with Gasteiger partial charge in [-0.15, -0.1) is 0 Å². The van der Waals surface area contributed by atoms with Crippen LogP contribution in [0.1, 0.15) is 26.3 Å². The number of hydrogen-bond acceptors (Lipinski definition) is 7. The molecule has 8 nitrogen and oxygen atoms in total. The molecule has 144 valence electrons. The van der Waals surface area contributed by atoms with Crippen LogP contribution >= 0.6 is 0 Å². The predicted molar refractivity (Wildman–Crippen MR) is 106 cm³/mol. The summed E-state index contributed by atoms with van der Waals surface area (Å²) in [5, 5.41) is 14.4. The molecule has 0 amide bonds. The fraction of sp³-hybridized carbons (Fsp3) is 0. The van der Waals surface area contributed by atoms with Gasteiger partial charge in [0.2, 0.25) is 5.78 Å². The van der Waals surface area contributed by atoms with E-state index in [2.05, 4.69) is 5.10 Å². The third-order valence-corrected chi connectivity index (χ3v) is 4.04. The number of hydrogen-bond donors (Lipinski definition) is 1. The number of rotatable bonds is 6. The van der Waals surface area contributed by atoms with E-state index in [1.165, 1.54) is 30.3 Å². The van der Waals surface area contributed by atoms with E-state index in [-0.39, 0.29) is 28.3 Å². The van der Waals surface area contributed by atoms with Crippen LogP contribution in [0.3, 0.4) is 0 Å². The number of benzene rings is 3. The van der Waals surface area contributed by atoms with Crippen LogP contribution in [0.5, 0.6) is 5.75 Å². The average Bonchev–Trinajstić information content (AvgIpc) is 2.76. The van der Waals surface area contributed by atoms with Crippen molar-refractivity contribution in [2.24, 2.45) is 10.9 Å². The molecule has 0 saturated heterocycles. The Morgan fingerprint density at radius 1 is 0.862 bits per heavy atom. The highest BCUT2D eigenvalue weighted by atomic mass is 16.6. The zero-order valence-electron chi connectivity index (χ0n) is 15.0. The molecule has 0 unspecified atom stereocenters. The van der Waals surface area contributed by atoms with E-state index in [0.717, 1.165) is 0 Å². The van der Waals surface area contributed by atoms with Gasteiger partial charge in [0.25, 0.3) is 5.69 Å². The summed E-state index contributed by atoms with van der Waals surface area (Å²) in [6.07, 6.45) is 0. The number of nitro benzene ring substituents is 1. The molecule has 0 aliphatic heterocycles. The molecule has 0 atom stereocenters. The van der Waals surface area contributed by atoms with Crippen molar-refractivity contribution in [1.29, 1.82) is 0 Å². The minimum atomic E-state index is -0.600. The highest BCUT2D eigenvalue weighted by Crippen LogP contribution is 2.23. The Labute approximate surface area is 165 Å². The van der Waals surface area contributed by atoms with Crippen molar-refractivity contribution in [2.75, 3.05) is 0 Å². The lowest BCUT2D eigenvalue weighted by Gasteiger charge is -2.11. The van der Waals surface area contributed by atoms with Gasteiger partial charge in [-0.3, -0.25) is 14.9 Å². The number of Topliss-reactive ketones (excluding diaryl/α,β-unsaturated/α-hetero) is 1. The lowest BCUT2D eigenvalue weighted by Crippen LogP contribution is -2.20. The number of ketones is 1. The summed E-state index contributed by atoms with van der Waals surface area (Å²) >= 11 is 0. The monoisotopic (exact) mass is 389 g/mol. The van der Waals surface area contributed by atoms with Gasteiger partial charge in [-0.2, -0.15) is 5.10 Å². The van der Waals surface area contributed by atoms with Crippen LogP contribution in [0.15, 0.2) is 84.0 Å². The van der Waals surface area contributed by atoms with Gasteiger partial charge in [0, 0.05) is 23.3 Å². The Hall–Kier alpha value is -4.33. The van der Waals surface area contributed by atoms with Crippen molar-refractivity contribution in [3.05, 3.63) is 106 Å². The maximum absolute atomic E-state index is 12.8. The highest BCUT2D eigenvalue weighted by molar-refractivity contribution is 6.51. The summed E-state index contributed by atoms with van der Waals surface area (Å²) < 4.78 is 5.43. The fourth-order valence-electron chi connectivity index (χ4n) is 2.61. The summed E-state index contributed by atoms with van der Waals surface area (Å²) in [6, 6.07) is 19.8. The van der Waals surface area contributed by atoms with Gasteiger partial charge in [-0.05, 0) is 36.4 Å². The number of nitrogens with two attached hydrogens (primary N) is 1. The molecule has 0 radical (unpaired) electrons. The minimum absolute atomic E-state index is 0.112. The second kappa shape index (κ2) is 8.57. The molecular formula is C21H15N3O5. The molecule has 0 fully saturated rings. The maximum Gasteiger partial charge on any atom is 0.343 e. The first kappa shape index (κ1) is 19.4. The second-order valence-corrected chi connectivity index (χ2v) is 5.86. The average molecular weight is 389 g/mol. The Morgan fingerprint density at radius 2 is 1.48 bits per heavy atom. The summed E-state index contributed by atoms with van der Waals surface area (Å²) in [4.78, 5) is 35.4. The second-order valence-electron chi connectivity index (χ2n) is 5.86. The summed E-state index contributed by atoms with van der Waals surface area (Å²) in [5.74, 6) is 4.40. The standard InChI is InChI=1S/C21H15N3O5/c22-23-19(20(25)14-10-12-16(13-11-14)24(27)28)17-8-4-5-9-18(17)29-21(26)15-6-2-1-3-7-15/h1-13H,22H2/b23-19+. The number of carbonyl (C=O) groups is 2. The molecule has 3 rings (SSSR count). The number of para-hydroxylation sites is 1. The third kappa shape index (κ3) is 4.33. The smallest absolute Gasteiger partial charge is 0.343 e. The number of esters is 1. The van der Waals surface area contributed by atoms with Gasteiger partial charge in [0.05, 0.1) is 10.5 Å². The zero-order chi connectivity index (χ0) is 20.8. The highest BCUT2D eigenvalue weighted by Gasteiger charge is 2.22. The number of nitro groups is 1. The van der Waals surface area contributed by atoms with Crippen LogP contribution in [0.4, 0.5) is 5.69 Å². The Morgan fingerprint density at radius 3 is 2.10 bits per heavy atom. The fourth-order valence-corrected chi connectivity index (χ4v) is 2.61. The van der Waals surface area contributed by atoms with E-state index >= 15 is 0 Å². The van der Waals surface area contributed by atoms with E-state index in [1.807, 2.05) is 0 Å². The SMILES string of the molecule is N/N=C(/C(=O)c1ccc([N+](=O)[O-])cc1)c1ccccc1OC(=O)c1ccccc1. The van der Waals surface area contributed by atoms with Crippen LogP contribution in [0, 0.1) is 10.1 Å². The van der Waals surface area contributed by atoms with Gasteiger partial charge in [0.15, 0.2) is 0 Å². The van der Waals surface area contributed by atoms with Crippen LogP contribution < -0.4 is 10.6 Å². The molecule has 3 aromatic rings. The largest absolute Gasteiger partial charge is 0.422 e. The van der Waals surface area contributed by atoms with Gasteiger partial charge in [0.1, 0.15) is 11.5 Å². The lowest BCUT2D eigenvalue weighted by molar-refractivity contribution is -0.384. The zero-order valence-corrected chi connectivity index (χ0v) is 15.0. The van der Waals surface area contributed by atoms with Crippen LogP contribution in [-0.4, -0.2) is 22.4 Å². The summed E-state index contributed by atoms with van der Waals surface area (Å²) in [6.45, 7) is 0. The molecule has 0 spiro atoms. The first-order valence-corrected chi connectivity index (χ1v) is 8.45. The van der Waals surface area contributed by atoms with Crippen LogP contribution in [0.25, 0.3) is 0 Å². The minimum Gasteiger partial charge on any atom is -0.422 e. The maximum atomic E-state index is 12.8. The van der Waals surface area contributed by atoms with E-state index in [0.29, 0.717) is 5.56 Å². The molecular weight excluding hydrogens is 374 g/mol. The Kier molecular flexibility index (Phi) is 5.74. The van der Waals surface area contributed by atoms with Gasteiger partial charge >= 0.3 is 5.97 Å². The van der Waals surface area contributed by atoms with E-state index < -0.39 is 16.7 Å². The molecule has 0 heterocycles. The van der Waals surface area contributed by atoms with Crippen molar-refractivity contribution in [2.45, 2.75) is 0 Å². The molecule has 0 saturated carbocycles. The number of hydrazone groups is 1. The van der Waals surface area contributed by atoms with E-state index in [9.17, 15) is 19.7 Å². The quantitative estimate of drug-likeness (QED) is 0.131. The van der Waals surface area contributed by atoms with Crippen molar-refractivity contribution in [1.82, 2.24) is 0 Å². The van der Waals surface area contributed by atoms with Crippen molar-refractivity contribution >= 4 is 23.2 Å². The van der Waals surface area contributed by atoms with E-state index in [4.69, 9.17) is 10.6 Å². The molecule has 8 heteroatoms. The normalized spacial score (nSPS) is 11.0. The Bertz CT molecular complexity index is 1090.